The lowest BCUT2D eigenvalue weighted by Gasteiger charge is -2.29. The van der Waals surface area contributed by atoms with Crippen LogP contribution in [0, 0.1) is 0 Å². The van der Waals surface area contributed by atoms with Crippen molar-refractivity contribution in [2.24, 2.45) is 0 Å². The van der Waals surface area contributed by atoms with Crippen molar-refractivity contribution in [1.82, 2.24) is 15.0 Å². The van der Waals surface area contributed by atoms with Gasteiger partial charge in [-0.1, -0.05) is 6.07 Å². The highest BCUT2D eigenvalue weighted by Crippen LogP contribution is 2.21. The van der Waals surface area contributed by atoms with Gasteiger partial charge in [-0.05, 0) is 6.07 Å². The van der Waals surface area contributed by atoms with Crippen LogP contribution in [-0.4, -0.2) is 67.6 Å². The highest BCUT2D eigenvalue weighted by atomic mass is 16.5. The van der Waals surface area contributed by atoms with E-state index in [1.165, 1.54) is 0 Å². The summed E-state index contributed by atoms with van der Waals surface area (Å²) in [5.74, 6) is 2.77. The number of hydrogen-bond acceptors (Lipinski definition) is 8. The fraction of sp³-hybridized carbons (Fsp3) is 0.500. The average Bonchev–Trinajstić information content (AvgIpc) is 2.74. The van der Waals surface area contributed by atoms with Gasteiger partial charge in [0.25, 0.3) is 0 Å². The van der Waals surface area contributed by atoms with E-state index in [2.05, 4.69) is 36.1 Å². The molecule has 0 bridgehead atoms. The molecule has 2 aromatic heterocycles. The maximum absolute atomic E-state index is 5.45. The molecule has 0 aliphatic carbocycles. The zero-order valence-corrected chi connectivity index (χ0v) is 14.8. The number of anilines is 3. The summed E-state index contributed by atoms with van der Waals surface area (Å²) in [5, 5.41) is 3.41. The molecule has 0 atom stereocenters. The summed E-state index contributed by atoms with van der Waals surface area (Å²) in [6, 6.07) is 6.07. The van der Waals surface area contributed by atoms with Gasteiger partial charge in [-0.25, -0.2) is 15.0 Å². The summed E-state index contributed by atoms with van der Waals surface area (Å²) in [5.41, 5.74) is 1.15. The third-order valence-electron chi connectivity index (χ3n) is 4.63. The lowest BCUT2D eigenvalue weighted by Crippen LogP contribution is -2.37. The first-order chi connectivity index (χ1) is 12.9. The fourth-order valence-electron chi connectivity index (χ4n) is 3.22. The average molecular weight is 356 g/mol. The summed E-state index contributed by atoms with van der Waals surface area (Å²) in [6.45, 7) is 7.12. The predicted molar refractivity (Wildman–Crippen MR) is 99.7 cm³/mol. The summed E-state index contributed by atoms with van der Waals surface area (Å²) in [4.78, 5) is 17.8. The van der Waals surface area contributed by atoms with E-state index in [0.29, 0.717) is 6.54 Å². The molecule has 2 aliphatic heterocycles. The summed E-state index contributed by atoms with van der Waals surface area (Å²) in [6.07, 6.45) is 3.45. The SMILES string of the molecule is c1cnc(N2CCOCC2)c(CNc2cc(N3CCOCC3)ncn2)c1. The maximum Gasteiger partial charge on any atom is 0.134 e. The molecule has 0 spiro atoms. The van der Waals surface area contributed by atoms with Gasteiger partial charge in [-0.3, -0.25) is 0 Å². The second-order valence-electron chi connectivity index (χ2n) is 6.30. The Balaban J connectivity index is 1.44. The van der Waals surface area contributed by atoms with Crippen molar-refractivity contribution in [2.45, 2.75) is 6.54 Å². The molecule has 26 heavy (non-hydrogen) atoms. The molecule has 8 heteroatoms. The van der Waals surface area contributed by atoms with Gasteiger partial charge in [0.15, 0.2) is 0 Å². The molecule has 2 fully saturated rings. The smallest absolute Gasteiger partial charge is 0.134 e. The largest absolute Gasteiger partial charge is 0.378 e. The van der Waals surface area contributed by atoms with E-state index in [0.717, 1.165) is 75.6 Å². The van der Waals surface area contributed by atoms with Crippen molar-refractivity contribution >= 4 is 17.5 Å². The molecule has 0 unspecified atom stereocenters. The van der Waals surface area contributed by atoms with Crippen LogP contribution < -0.4 is 15.1 Å². The normalized spacial score (nSPS) is 18.0. The third kappa shape index (κ3) is 4.03. The van der Waals surface area contributed by atoms with Crippen LogP contribution in [0.2, 0.25) is 0 Å². The van der Waals surface area contributed by atoms with Crippen LogP contribution in [0.3, 0.4) is 0 Å². The van der Waals surface area contributed by atoms with Crippen LogP contribution in [0.5, 0.6) is 0 Å². The van der Waals surface area contributed by atoms with Crippen LogP contribution in [0.1, 0.15) is 5.56 Å². The zero-order valence-electron chi connectivity index (χ0n) is 14.8. The minimum atomic E-state index is 0.667. The third-order valence-corrected chi connectivity index (χ3v) is 4.63. The van der Waals surface area contributed by atoms with Crippen molar-refractivity contribution in [3.05, 3.63) is 36.3 Å². The number of ether oxygens (including phenoxy) is 2. The first-order valence-corrected chi connectivity index (χ1v) is 9.05. The van der Waals surface area contributed by atoms with Crippen molar-refractivity contribution in [2.75, 3.05) is 67.7 Å². The molecule has 8 nitrogen and oxygen atoms in total. The highest BCUT2D eigenvalue weighted by Gasteiger charge is 2.16. The number of morpholine rings is 2. The van der Waals surface area contributed by atoms with Gasteiger partial charge < -0.3 is 24.6 Å². The Kier molecular flexibility index (Phi) is 5.41. The predicted octanol–water partition coefficient (Wildman–Crippen LogP) is 1.16. The number of hydrogen-bond donors (Lipinski definition) is 1. The first-order valence-electron chi connectivity index (χ1n) is 9.05. The van der Waals surface area contributed by atoms with Crippen molar-refractivity contribution in [3.63, 3.8) is 0 Å². The summed E-state index contributed by atoms with van der Waals surface area (Å²) >= 11 is 0. The number of aromatic nitrogens is 3. The minimum absolute atomic E-state index is 0.667. The molecule has 0 aromatic carbocycles. The molecule has 0 amide bonds. The second kappa shape index (κ2) is 8.29. The van der Waals surface area contributed by atoms with E-state index in [1.54, 1.807) is 6.33 Å². The van der Waals surface area contributed by atoms with E-state index < -0.39 is 0 Å². The molecule has 2 aliphatic rings. The number of pyridine rings is 1. The maximum atomic E-state index is 5.45. The topological polar surface area (TPSA) is 75.6 Å². The Morgan fingerprint density at radius 3 is 2.42 bits per heavy atom. The molecule has 2 saturated heterocycles. The van der Waals surface area contributed by atoms with Gasteiger partial charge in [0.05, 0.1) is 26.4 Å². The Morgan fingerprint density at radius 1 is 0.923 bits per heavy atom. The lowest BCUT2D eigenvalue weighted by atomic mass is 10.2. The van der Waals surface area contributed by atoms with E-state index in [-0.39, 0.29) is 0 Å². The van der Waals surface area contributed by atoms with E-state index in [1.807, 2.05) is 18.3 Å². The van der Waals surface area contributed by atoms with E-state index in [4.69, 9.17) is 9.47 Å². The molecule has 2 aromatic rings. The van der Waals surface area contributed by atoms with E-state index >= 15 is 0 Å². The number of nitrogens with zero attached hydrogens (tertiary/aromatic N) is 5. The molecular formula is C18H24N6O2. The second-order valence-corrected chi connectivity index (χ2v) is 6.30. The number of rotatable bonds is 5. The first kappa shape index (κ1) is 17.0. The Morgan fingerprint density at radius 2 is 1.65 bits per heavy atom. The standard InChI is InChI=1S/C18H24N6O2/c1-2-15(18(19-3-1)24-6-10-26-11-7-24)13-20-16-12-17(22-14-21-16)23-4-8-25-9-5-23/h1-3,12,14H,4-11,13H2,(H,20,21,22). The Bertz CT molecular complexity index is 716. The summed E-state index contributed by atoms with van der Waals surface area (Å²) < 4.78 is 10.9. The van der Waals surface area contributed by atoms with Gasteiger partial charge in [0.1, 0.15) is 23.8 Å². The van der Waals surface area contributed by atoms with Gasteiger partial charge in [0, 0.05) is 50.6 Å². The molecule has 1 N–H and O–H groups in total. The van der Waals surface area contributed by atoms with Gasteiger partial charge in [-0.2, -0.15) is 0 Å². The zero-order chi connectivity index (χ0) is 17.6. The van der Waals surface area contributed by atoms with Crippen molar-refractivity contribution in [3.8, 4) is 0 Å². The van der Waals surface area contributed by atoms with Crippen LogP contribution in [0.15, 0.2) is 30.7 Å². The van der Waals surface area contributed by atoms with Crippen LogP contribution in [0.4, 0.5) is 17.5 Å². The van der Waals surface area contributed by atoms with E-state index in [9.17, 15) is 0 Å². The fourth-order valence-corrected chi connectivity index (χ4v) is 3.22. The quantitative estimate of drug-likeness (QED) is 0.855. The summed E-state index contributed by atoms with van der Waals surface area (Å²) in [7, 11) is 0. The highest BCUT2D eigenvalue weighted by molar-refractivity contribution is 5.52. The number of nitrogens with one attached hydrogen (secondary N) is 1. The molecule has 4 heterocycles. The van der Waals surface area contributed by atoms with Crippen LogP contribution >= 0.6 is 0 Å². The van der Waals surface area contributed by atoms with Crippen molar-refractivity contribution in [1.29, 1.82) is 0 Å². The Hall–Kier alpha value is -2.45. The molecule has 0 radical (unpaired) electrons. The van der Waals surface area contributed by atoms with Gasteiger partial charge >= 0.3 is 0 Å². The molecule has 0 saturated carbocycles. The molecule has 4 rings (SSSR count). The van der Waals surface area contributed by atoms with Crippen molar-refractivity contribution < 1.29 is 9.47 Å². The Labute approximate surface area is 153 Å². The van der Waals surface area contributed by atoms with Gasteiger partial charge in [-0.15, -0.1) is 0 Å². The minimum Gasteiger partial charge on any atom is -0.378 e. The molecular weight excluding hydrogens is 332 g/mol. The lowest BCUT2D eigenvalue weighted by molar-refractivity contribution is 0.122. The van der Waals surface area contributed by atoms with Crippen LogP contribution in [-0.2, 0) is 16.0 Å². The monoisotopic (exact) mass is 356 g/mol. The van der Waals surface area contributed by atoms with Gasteiger partial charge in [0.2, 0.25) is 0 Å². The van der Waals surface area contributed by atoms with Crippen LogP contribution in [0.25, 0.3) is 0 Å². The molecule has 138 valence electrons.